The second-order valence-corrected chi connectivity index (χ2v) is 5.70. The van der Waals surface area contributed by atoms with E-state index in [1.54, 1.807) is 32.9 Å². The van der Waals surface area contributed by atoms with Gasteiger partial charge in [-0.25, -0.2) is 4.79 Å². The van der Waals surface area contributed by atoms with Crippen LogP contribution < -0.4 is 10.6 Å². The van der Waals surface area contributed by atoms with Crippen LogP contribution >= 0.6 is 0 Å². The summed E-state index contributed by atoms with van der Waals surface area (Å²) < 4.78 is 5.13. The highest BCUT2D eigenvalue weighted by Gasteiger charge is 2.20. The van der Waals surface area contributed by atoms with Gasteiger partial charge in [-0.1, -0.05) is 6.07 Å². The third kappa shape index (κ3) is 3.61. The minimum Gasteiger partial charge on any atom is -0.506 e. The second-order valence-electron chi connectivity index (χ2n) is 5.70. The first-order valence-electron chi connectivity index (χ1n) is 6.41. The highest BCUT2D eigenvalue weighted by atomic mass is 16.6. The molecule has 0 aliphatic carbocycles. The number of hydrogen-bond donors (Lipinski definition) is 3. The van der Waals surface area contributed by atoms with Crippen molar-refractivity contribution in [3.63, 3.8) is 0 Å². The Hall–Kier alpha value is -1.75. The van der Waals surface area contributed by atoms with E-state index in [-0.39, 0.29) is 5.75 Å². The summed E-state index contributed by atoms with van der Waals surface area (Å²) in [6, 6.07) is 5.56. The Balaban J connectivity index is 2.02. The molecule has 1 fully saturated rings. The summed E-state index contributed by atoms with van der Waals surface area (Å²) in [5.41, 5.74) is 0.825. The molecule has 0 spiro atoms. The van der Waals surface area contributed by atoms with Crippen molar-refractivity contribution in [2.24, 2.45) is 0 Å². The highest BCUT2D eigenvalue weighted by Crippen LogP contribution is 2.30. The number of phenols is 1. The number of carbonyl (C=O) groups excluding carboxylic acids is 1. The maximum atomic E-state index is 11.6. The molecule has 0 aromatic heterocycles. The van der Waals surface area contributed by atoms with Crippen molar-refractivity contribution in [1.29, 1.82) is 0 Å². The molecule has 104 valence electrons. The van der Waals surface area contributed by atoms with Crippen LogP contribution in [0.15, 0.2) is 18.2 Å². The molecule has 0 radical (unpaired) electrons. The number of ether oxygens (including phenoxy) is 1. The molecule has 0 saturated carbocycles. The summed E-state index contributed by atoms with van der Waals surface area (Å²) in [7, 11) is 0. The molecule has 1 aromatic carbocycles. The van der Waals surface area contributed by atoms with Gasteiger partial charge >= 0.3 is 6.09 Å². The van der Waals surface area contributed by atoms with E-state index in [4.69, 9.17) is 4.74 Å². The van der Waals surface area contributed by atoms with Crippen molar-refractivity contribution in [2.75, 3.05) is 11.9 Å². The van der Waals surface area contributed by atoms with Crippen molar-refractivity contribution in [3.05, 3.63) is 23.8 Å². The number of nitrogens with one attached hydrogen (secondary N) is 2. The summed E-state index contributed by atoms with van der Waals surface area (Å²) in [6.07, 6.45) is 0.496. The van der Waals surface area contributed by atoms with Crippen LogP contribution in [0.2, 0.25) is 0 Å². The fourth-order valence-electron chi connectivity index (χ4n) is 1.86. The van der Waals surface area contributed by atoms with E-state index < -0.39 is 11.7 Å². The molecule has 1 amide bonds. The van der Waals surface area contributed by atoms with Crippen molar-refractivity contribution >= 4 is 11.8 Å². The van der Waals surface area contributed by atoms with Crippen molar-refractivity contribution in [3.8, 4) is 5.75 Å². The van der Waals surface area contributed by atoms with Crippen LogP contribution in [0.1, 0.15) is 38.8 Å². The maximum Gasteiger partial charge on any atom is 0.412 e. The Bertz CT molecular complexity index is 476. The van der Waals surface area contributed by atoms with Gasteiger partial charge in [0.1, 0.15) is 11.4 Å². The minimum absolute atomic E-state index is 0.0528. The van der Waals surface area contributed by atoms with Crippen LogP contribution in [-0.2, 0) is 4.74 Å². The Labute approximate surface area is 113 Å². The Morgan fingerprint density at radius 2 is 2.16 bits per heavy atom. The number of rotatable bonds is 2. The zero-order chi connectivity index (χ0) is 14.0. The van der Waals surface area contributed by atoms with Gasteiger partial charge < -0.3 is 15.2 Å². The number of amides is 1. The lowest BCUT2D eigenvalue weighted by Crippen LogP contribution is -2.34. The van der Waals surface area contributed by atoms with Crippen LogP contribution in [0, 0.1) is 0 Å². The van der Waals surface area contributed by atoms with Crippen LogP contribution in [0.5, 0.6) is 5.75 Å². The average Bonchev–Trinajstić information content (AvgIpc) is 2.16. The molecule has 3 N–H and O–H groups in total. The molecular weight excluding hydrogens is 244 g/mol. The first kappa shape index (κ1) is 13.7. The monoisotopic (exact) mass is 264 g/mol. The summed E-state index contributed by atoms with van der Waals surface area (Å²) in [5, 5.41) is 15.7. The number of aromatic hydroxyl groups is 1. The molecule has 1 atom stereocenters. The van der Waals surface area contributed by atoms with E-state index in [0.29, 0.717) is 11.7 Å². The largest absolute Gasteiger partial charge is 0.506 e. The number of phenolic OH excluding ortho intramolecular Hbond substituents is 1. The maximum absolute atomic E-state index is 11.6. The smallest absolute Gasteiger partial charge is 0.412 e. The molecule has 1 aromatic rings. The van der Waals surface area contributed by atoms with Crippen molar-refractivity contribution < 1.29 is 14.6 Å². The number of anilines is 1. The predicted molar refractivity (Wildman–Crippen MR) is 73.3 cm³/mol. The van der Waals surface area contributed by atoms with Gasteiger partial charge in [-0.05, 0) is 51.4 Å². The van der Waals surface area contributed by atoms with E-state index in [9.17, 15) is 9.90 Å². The molecule has 1 aliphatic rings. The van der Waals surface area contributed by atoms with E-state index in [1.165, 1.54) is 0 Å². The van der Waals surface area contributed by atoms with Crippen LogP contribution in [0.25, 0.3) is 0 Å². The SMILES string of the molecule is CC(C)(C)OC(=O)Nc1ccc(C2CCN2)cc1O. The summed E-state index contributed by atoms with van der Waals surface area (Å²) >= 11 is 0. The molecule has 5 heteroatoms. The third-order valence-electron chi connectivity index (χ3n) is 2.88. The summed E-state index contributed by atoms with van der Waals surface area (Å²) in [5.74, 6) is 0.0528. The van der Waals surface area contributed by atoms with Gasteiger partial charge in [0.15, 0.2) is 0 Å². The third-order valence-corrected chi connectivity index (χ3v) is 2.88. The normalized spacial score (nSPS) is 18.6. The van der Waals surface area contributed by atoms with Crippen LogP contribution in [0.3, 0.4) is 0 Å². The van der Waals surface area contributed by atoms with Gasteiger partial charge in [0, 0.05) is 6.04 Å². The minimum atomic E-state index is -0.572. The molecule has 1 saturated heterocycles. The lowest BCUT2D eigenvalue weighted by molar-refractivity contribution is 0.0635. The highest BCUT2D eigenvalue weighted by molar-refractivity contribution is 5.86. The lowest BCUT2D eigenvalue weighted by Gasteiger charge is -2.28. The van der Waals surface area contributed by atoms with Gasteiger partial charge in [-0.2, -0.15) is 0 Å². The number of hydrogen-bond acceptors (Lipinski definition) is 4. The fraction of sp³-hybridized carbons (Fsp3) is 0.500. The van der Waals surface area contributed by atoms with Gasteiger partial charge in [-0.15, -0.1) is 0 Å². The molecule has 5 nitrogen and oxygen atoms in total. The Morgan fingerprint density at radius 1 is 1.47 bits per heavy atom. The van der Waals surface area contributed by atoms with E-state index >= 15 is 0 Å². The lowest BCUT2D eigenvalue weighted by atomic mass is 9.97. The van der Waals surface area contributed by atoms with Gasteiger partial charge in [0.25, 0.3) is 0 Å². The molecule has 2 rings (SSSR count). The first-order valence-corrected chi connectivity index (χ1v) is 6.41. The van der Waals surface area contributed by atoms with E-state index in [2.05, 4.69) is 10.6 Å². The topological polar surface area (TPSA) is 70.6 Å². The molecular formula is C14H20N2O3. The molecule has 0 bridgehead atoms. The first-order chi connectivity index (χ1) is 8.85. The number of carbonyl (C=O) groups is 1. The van der Waals surface area contributed by atoms with Gasteiger partial charge in [-0.3, -0.25) is 5.32 Å². The second kappa shape index (κ2) is 5.09. The van der Waals surface area contributed by atoms with E-state index in [1.807, 2.05) is 6.07 Å². The standard InChI is InChI=1S/C14H20N2O3/c1-14(2,3)19-13(18)16-11-5-4-9(8-12(11)17)10-6-7-15-10/h4-5,8,10,15,17H,6-7H2,1-3H3,(H,16,18). The van der Waals surface area contributed by atoms with Crippen LogP contribution in [0.4, 0.5) is 10.5 Å². The van der Waals surface area contributed by atoms with Crippen molar-refractivity contribution in [2.45, 2.75) is 38.8 Å². The molecule has 1 heterocycles. The van der Waals surface area contributed by atoms with Gasteiger partial charge in [0.2, 0.25) is 0 Å². The Morgan fingerprint density at radius 3 is 2.63 bits per heavy atom. The van der Waals surface area contributed by atoms with E-state index in [0.717, 1.165) is 18.5 Å². The quantitative estimate of drug-likeness (QED) is 0.718. The fourth-order valence-corrected chi connectivity index (χ4v) is 1.86. The number of benzene rings is 1. The molecule has 19 heavy (non-hydrogen) atoms. The summed E-state index contributed by atoms with van der Waals surface area (Å²) in [6.45, 7) is 6.37. The zero-order valence-corrected chi connectivity index (χ0v) is 11.5. The van der Waals surface area contributed by atoms with Crippen molar-refractivity contribution in [1.82, 2.24) is 5.32 Å². The van der Waals surface area contributed by atoms with Crippen LogP contribution in [-0.4, -0.2) is 23.3 Å². The molecule has 1 unspecified atom stereocenters. The summed E-state index contributed by atoms with van der Waals surface area (Å²) in [4.78, 5) is 11.6. The molecule has 1 aliphatic heterocycles. The predicted octanol–water partition coefficient (Wildman–Crippen LogP) is 2.77. The average molecular weight is 264 g/mol. The Kier molecular flexibility index (Phi) is 3.66. The van der Waals surface area contributed by atoms with Gasteiger partial charge in [0.05, 0.1) is 5.69 Å². The zero-order valence-electron chi connectivity index (χ0n) is 11.5.